The van der Waals surface area contributed by atoms with Crippen LogP contribution in [0.1, 0.15) is 64.8 Å². The van der Waals surface area contributed by atoms with E-state index in [4.69, 9.17) is 14.2 Å². The van der Waals surface area contributed by atoms with Crippen molar-refractivity contribution in [1.29, 1.82) is 0 Å². The van der Waals surface area contributed by atoms with Crippen molar-refractivity contribution in [3.05, 3.63) is 11.4 Å². The summed E-state index contributed by atoms with van der Waals surface area (Å²) >= 11 is 0. The molecule has 3 rings (SSSR count). The molecule has 1 aromatic heterocycles. The van der Waals surface area contributed by atoms with Crippen LogP contribution >= 0.6 is 0 Å². The second kappa shape index (κ2) is 10.00. The van der Waals surface area contributed by atoms with Gasteiger partial charge in [-0.2, -0.15) is 0 Å². The minimum atomic E-state index is -0.241. The molecule has 0 bridgehead atoms. The van der Waals surface area contributed by atoms with E-state index in [0.717, 1.165) is 50.2 Å². The van der Waals surface area contributed by atoms with Gasteiger partial charge >= 0.3 is 0 Å². The average molecular weight is 409 g/mol. The Morgan fingerprint density at radius 2 is 1.93 bits per heavy atom. The van der Waals surface area contributed by atoms with Gasteiger partial charge in [-0.25, -0.2) is 4.68 Å². The minimum absolute atomic E-state index is 0.145. The molecule has 1 saturated heterocycles. The number of piperidine rings is 1. The Hall–Kier alpha value is -1.51. The second-order valence-electron chi connectivity index (χ2n) is 8.42. The largest absolute Gasteiger partial charge is 0.376 e. The highest BCUT2D eigenvalue weighted by Gasteiger charge is 2.41. The fourth-order valence-corrected chi connectivity index (χ4v) is 4.15. The van der Waals surface area contributed by atoms with Crippen LogP contribution in [0, 0.1) is 5.92 Å². The molecular weight excluding hydrogens is 372 g/mol. The molecule has 0 radical (unpaired) electrons. The molecule has 0 aromatic carbocycles. The van der Waals surface area contributed by atoms with Gasteiger partial charge in [0.1, 0.15) is 5.69 Å². The number of ether oxygens (including phenoxy) is 3. The number of likely N-dealkylation sites (tertiary alicyclic amines) is 1. The number of hydrogen-bond acceptors (Lipinski definition) is 6. The van der Waals surface area contributed by atoms with E-state index in [0.29, 0.717) is 38.9 Å². The molecule has 29 heavy (non-hydrogen) atoms. The van der Waals surface area contributed by atoms with E-state index >= 15 is 0 Å². The molecule has 0 N–H and O–H groups in total. The SMILES string of the molecule is CCC(CC)C(=O)N1CCC2(CC1)Cn1nnc(COCCOC(C)C)c1CO2. The molecular formula is C21H36N4O4. The molecule has 0 unspecified atom stereocenters. The van der Waals surface area contributed by atoms with Crippen LogP contribution in [0.5, 0.6) is 0 Å². The number of rotatable bonds is 9. The summed E-state index contributed by atoms with van der Waals surface area (Å²) in [6.45, 7) is 12.4. The van der Waals surface area contributed by atoms with E-state index in [9.17, 15) is 4.79 Å². The number of hydrogen-bond donors (Lipinski definition) is 0. The molecule has 1 amide bonds. The van der Waals surface area contributed by atoms with Gasteiger partial charge < -0.3 is 19.1 Å². The standard InChI is InChI=1S/C21H36N4O4/c1-5-17(6-2)20(26)24-9-7-21(8-10-24)15-25-19(14-29-21)18(22-23-25)13-27-11-12-28-16(3)4/h16-17H,5-15H2,1-4H3. The summed E-state index contributed by atoms with van der Waals surface area (Å²) < 4.78 is 19.4. The van der Waals surface area contributed by atoms with Crippen molar-refractivity contribution in [2.75, 3.05) is 26.3 Å². The van der Waals surface area contributed by atoms with E-state index in [1.165, 1.54) is 0 Å². The summed E-state index contributed by atoms with van der Waals surface area (Å²) in [5, 5.41) is 8.64. The maximum atomic E-state index is 12.7. The predicted molar refractivity (Wildman–Crippen MR) is 108 cm³/mol. The third-order valence-electron chi connectivity index (χ3n) is 6.11. The van der Waals surface area contributed by atoms with Crippen LogP contribution in [-0.4, -0.2) is 63.8 Å². The number of carbonyl (C=O) groups is 1. The zero-order valence-electron chi connectivity index (χ0n) is 18.4. The Kier molecular flexibility index (Phi) is 7.65. The lowest BCUT2D eigenvalue weighted by atomic mass is 9.89. The first-order valence-electron chi connectivity index (χ1n) is 11.0. The Morgan fingerprint density at radius 3 is 2.59 bits per heavy atom. The molecule has 2 aliphatic rings. The van der Waals surface area contributed by atoms with Gasteiger partial charge in [-0.1, -0.05) is 19.1 Å². The Balaban J connectivity index is 1.51. The molecule has 2 aliphatic heterocycles. The Morgan fingerprint density at radius 1 is 1.21 bits per heavy atom. The van der Waals surface area contributed by atoms with Gasteiger partial charge in [0.05, 0.1) is 50.4 Å². The zero-order chi connectivity index (χ0) is 20.9. The fourth-order valence-electron chi connectivity index (χ4n) is 4.15. The summed E-state index contributed by atoms with van der Waals surface area (Å²) in [5.41, 5.74) is 1.59. The van der Waals surface area contributed by atoms with Crippen molar-refractivity contribution in [2.45, 2.75) is 84.8 Å². The zero-order valence-corrected chi connectivity index (χ0v) is 18.4. The lowest BCUT2D eigenvalue weighted by Crippen LogP contribution is -2.53. The maximum Gasteiger partial charge on any atom is 0.225 e. The number of nitrogens with zero attached hydrogens (tertiary/aromatic N) is 4. The van der Waals surface area contributed by atoms with Crippen molar-refractivity contribution in [1.82, 2.24) is 19.9 Å². The molecule has 0 aliphatic carbocycles. The van der Waals surface area contributed by atoms with Gasteiger partial charge in [0.25, 0.3) is 0 Å². The van der Waals surface area contributed by atoms with Gasteiger partial charge in [0.2, 0.25) is 5.91 Å². The fraction of sp³-hybridized carbons (Fsp3) is 0.857. The molecule has 0 saturated carbocycles. The van der Waals surface area contributed by atoms with E-state index in [1.54, 1.807) is 0 Å². The molecule has 1 fully saturated rings. The highest BCUT2D eigenvalue weighted by molar-refractivity contribution is 5.78. The van der Waals surface area contributed by atoms with Crippen molar-refractivity contribution >= 4 is 5.91 Å². The number of carbonyl (C=O) groups excluding carboxylic acids is 1. The van der Waals surface area contributed by atoms with Crippen molar-refractivity contribution in [2.24, 2.45) is 5.92 Å². The highest BCUT2D eigenvalue weighted by Crippen LogP contribution is 2.34. The molecule has 1 aromatic rings. The third-order valence-corrected chi connectivity index (χ3v) is 6.11. The average Bonchev–Trinajstić information content (AvgIpc) is 3.10. The van der Waals surface area contributed by atoms with Crippen LogP contribution in [0.4, 0.5) is 0 Å². The molecule has 3 heterocycles. The second-order valence-corrected chi connectivity index (χ2v) is 8.42. The summed E-state index contributed by atoms with van der Waals surface area (Å²) in [6.07, 6.45) is 3.71. The summed E-state index contributed by atoms with van der Waals surface area (Å²) in [5.74, 6) is 0.440. The third kappa shape index (κ3) is 5.35. The van der Waals surface area contributed by atoms with E-state index in [-0.39, 0.29) is 17.6 Å². The maximum absolute atomic E-state index is 12.7. The highest BCUT2D eigenvalue weighted by atomic mass is 16.5. The van der Waals surface area contributed by atoms with Crippen LogP contribution in [0.25, 0.3) is 0 Å². The van der Waals surface area contributed by atoms with Crippen LogP contribution in [0.15, 0.2) is 0 Å². The number of aromatic nitrogens is 3. The van der Waals surface area contributed by atoms with Gasteiger partial charge in [0.15, 0.2) is 0 Å². The lowest BCUT2D eigenvalue weighted by Gasteiger charge is -2.44. The van der Waals surface area contributed by atoms with Crippen molar-refractivity contribution in [3.8, 4) is 0 Å². The van der Waals surface area contributed by atoms with Crippen LogP contribution in [-0.2, 0) is 38.8 Å². The van der Waals surface area contributed by atoms with Crippen LogP contribution in [0.3, 0.4) is 0 Å². The van der Waals surface area contributed by atoms with Crippen molar-refractivity contribution in [3.63, 3.8) is 0 Å². The van der Waals surface area contributed by atoms with E-state index < -0.39 is 0 Å². The minimum Gasteiger partial charge on any atom is -0.376 e. The van der Waals surface area contributed by atoms with Crippen LogP contribution in [0.2, 0.25) is 0 Å². The van der Waals surface area contributed by atoms with Gasteiger partial charge in [-0.05, 0) is 39.5 Å². The van der Waals surface area contributed by atoms with Crippen molar-refractivity contribution < 1.29 is 19.0 Å². The molecule has 8 heteroatoms. The molecule has 1 spiro atoms. The molecule has 8 nitrogen and oxygen atoms in total. The summed E-state index contributed by atoms with van der Waals surface area (Å²) in [4.78, 5) is 14.7. The Bertz CT molecular complexity index is 664. The number of amides is 1. The summed E-state index contributed by atoms with van der Waals surface area (Å²) in [7, 11) is 0. The number of fused-ring (bicyclic) bond motifs is 1. The quantitative estimate of drug-likeness (QED) is 0.584. The monoisotopic (exact) mass is 408 g/mol. The van der Waals surface area contributed by atoms with Gasteiger partial charge in [-0.15, -0.1) is 5.10 Å². The van der Waals surface area contributed by atoms with E-state index in [1.807, 2.05) is 23.4 Å². The lowest BCUT2D eigenvalue weighted by molar-refractivity contribution is -0.149. The Labute approximate surface area is 173 Å². The van der Waals surface area contributed by atoms with E-state index in [2.05, 4.69) is 24.2 Å². The first kappa shape index (κ1) is 22.2. The van der Waals surface area contributed by atoms with Gasteiger partial charge in [0, 0.05) is 19.0 Å². The first-order valence-corrected chi connectivity index (χ1v) is 11.0. The normalized spacial score (nSPS) is 18.6. The smallest absolute Gasteiger partial charge is 0.225 e. The van der Waals surface area contributed by atoms with Crippen LogP contribution < -0.4 is 0 Å². The topological polar surface area (TPSA) is 78.7 Å². The first-order chi connectivity index (χ1) is 14.0. The molecule has 0 atom stereocenters. The summed E-state index contributed by atoms with van der Waals surface area (Å²) in [6, 6.07) is 0. The van der Waals surface area contributed by atoms with Gasteiger partial charge in [-0.3, -0.25) is 4.79 Å². The predicted octanol–water partition coefficient (Wildman–Crippen LogP) is 2.55. The molecule has 164 valence electrons.